The number of hydrogen-bond acceptors (Lipinski definition) is 7. The van der Waals surface area contributed by atoms with Crippen molar-refractivity contribution < 1.29 is 19.4 Å². The molecule has 11 nitrogen and oxygen atoms in total. The van der Waals surface area contributed by atoms with Crippen molar-refractivity contribution in [2.24, 2.45) is 0 Å². The first-order valence-corrected chi connectivity index (χ1v) is 9.39. The summed E-state index contributed by atoms with van der Waals surface area (Å²) in [6.07, 6.45) is 0. The molecule has 0 saturated heterocycles. The van der Waals surface area contributed by atoms with Crippen LogP contribution in [0, 0.1) is 20.2 Å². The van der Waals surface area contributed by atoms with Crippen molar-refractivity contribution in [3.8, 4) is 0 Å². The number of aromatic nitrogens is 1. The molecule has 3 rings (SSSR count). The van der Waals surface area contributed by atoms with E-state index in [0.29, 0.717) is 0 Å². The number of amides is 2. The summed E-state index contributed by atoms with van der Waals surface area (Å²) in [6.45, 7) is 0. The summed E-state index contributed by atoms with van der Waals surface area (Å²) in [5.74, 6) is -1.08. The van der Waals surface area contributed by atoms with Gasteiger partial charge in [0.1, 0.15) is 21.7 Å². The van der Waals surface area contributed by atoms with E-state index in [1.165, 1.54) is 30.3 Å². The Bertz CT molecular complexity index is 1170. The van der Waals surface area contributed by atoms with Crippen LogP contribution in [0.15, 0.2) is 54.6 Å². The maximum Gasteiger partial charge on any atom is 0.287 e. The maximum atomic E-state index is 12.4. The smallest absolute Gasteiger partial charge is 0.287 e. The number of halogens is 2. The van der Waals surface area contributed by atoms with E-state index < -0.39 is 21.7 Å². The SMILES string of the molecule is O=C(Nc1cccc(NC(=O)c2ccc([N+](=O)[O-])c(Cl)c2)n1)c1ccc([N+](=O)[O-])c(Cl)c1. The second-order valence-electron chi connectivity index (χ2n) is 6.16. The third-order valence-electron chi connectivity index (χ3n) is 4.05. The zero-order valence-corrected chi connectivity index (χ0v) is 17.3. The maximum absolute atomic E-state index is 12.4. The highest BCUT2D eigenvalue weighted by Crippen LogP contribution is 2.26. The van der Waals surface area contributed by atoms with Crippen LogP contribution < -0.4 is 10.6 Å². The summed E-state index contributed by atoms with van der Waals surface area (Å²) in [5, 5.41) is 26.2. The molecule has 1 aromatic heterocycles. The Morgan fingerprint density at radius 3 is 1.50 bits per heavy atom. The molecule has 2 amide bonds. The van der Waals surface area contributed by atoms with E-state index in [1.807, 2.05) is 0 Å². The topological polar surface area (TPSA) is 157 Å². The average molecular weight is 476 g/mol. The Morgan fingerprint density at radius 2 is 1.16 bits per heavy atom. The molecule has 0 spiro atoms. The van der Waals surface area contributed by atoms with E-state index in [0.717, 1.165) is 24.3 Å². The molecular formula is C19H11Cl2N5O6. The molecule has 2 N–H and O–H groups in total. The molecule has 0 unspecified atom stereocenters. The van der Waals surface area contributed by atoms with Crippen molar-refractivity contribution in [3.63, 3.8) is 0 Å². The fraction of sp³-hybridized carbons (Fsp3) is 0. The van der Waals surface area contributed by atoms with Gasteiger partial charge in [0.25, 0.3) is 23.2 Å². The zero-order chi connectivity index (χ0) is 23.4. The van der Waals surface area contributed by atoms with Crippen molar-refractivity contribution >= 4 is 58.0 Å². The lowest BCUT2D eigenvalue weighted by Crippen LogP contribution is -2.16. The van der Waals surface area contributed by atoms with Gasteiger partial charge in [0, 0.05) is 23.3 Å². The monoisotopic (exact) mass is 475 g/mol. The minimum absolute atomic E-state index is 0.0670. The first kappa shape index (κ1) is 22.6. The van der Waals surface area contributed by atoms with Gasteiger partial charge in [-0.25, -0.2) is 4.98 Å². The number of anilines is 2. The number of benzene rings is 2. The van der Waals surface area contributed by atoms with Crippen molar-refractivity contribution in [1.82, 2.24) is 4.98 Å². The molecule has 13 heteroatoms. The number of hydrogen-bond donors (Lipinski definition) is 2. The summed E-state index contributed by atoms with van der Waals surface area (Å²) < 4.78 is 0. The van der Waals surface area contributed by atoms with E-state index in [9.17, 15) is 29.8 Å². The molecular weight excluding hydrogens is 465 g/mol. The minimum atomic E-state index is -0.671. The molecule has 0 aliphatic carbocycles. The molecule has 0 bridgehead atoms. The summed E-state index contributed by atoms with van der Waals surface area (Å²) in [4.78, 5) is 49.2. The van der Waals surface area contributed by atoms with E-state index in [4.69, 9.17) is 23.2 Å². The van der Waals surface area contributed by atoms with Gasteiger partial charge in [0.05, 0.1) is 9.85 Å². The van der Waals surface area contributed by atoms with Crippen LogP contribution in [0.25, 0.3) is 0 Å². The molecule has 2 aromatic carbocycles. The van der Waals surface area contributed by atoms with Crippen molar-refractivity contribution in [3.05, 3.63) is 96.0 Å². The van der Waals surface area contributed by atoms with Gasteiger partial charge in [-0.3, -0.25) is 29.8 Å². The fourth-order valence-electron chi connectivity index (χ4n) is 2.54. The number of nitrogens with one attached hydrogen (secondary N) is 2. The number of nitro benzene ring substituents is 2. The van der Waals surface area contributed by atoms with E-state index in [2.05, 4.69) is 15.6 Å². The summed E-state index contributed by atoms with van der Waals surface area (Å²) in [5.41, 5.74) is -0.537. The normalized spacial score (nSPS) is 10.3. The minimum Gasteiger partial charge on any atom is -0.306 e. The van der Waals surface area contributed by atoms with Crippen LogP contribution in [0.2, 0.25) is 10.0 Å². The van der Waals surface area contributed by atoms with Crippen molar-refractivity contribution in [2.75, 3.05) is 10.6 Å². The third kappa shape index (κ3) is 5.14. The number of nitrogens with zero attached hydrogens (tertiary/aromatic N) is 3. The average Bonchev–Trinajstić information content (AvgIpc) is 2.73. The van der Waals surface area contributed by atoms with E-state index in [1.54, 1.807) is 0 Å². The number of carbonyl (C=O) groups excluding carboxylic acids is 2. The lowest BCUT2D eigenvalue weighted by molar-refractivity contribution is -0.384. The summed E-state index contributed by atoms with van der Waals surface area (Å²) in [7, 11) is 0. The second-order valence-corrected chi connectivity index (χ2v) is 6.98. The third-order valence-corrected chi connectivity index (χ3v) is 4.65. The van der Waals surface area contributed by atoms with Crippen molar-refractivity contribution in [2.45, 2.75) is 0 Å². The predicted molar refractivity (Wildman–Crippen MR) is 116 cm³/mol. The number of rotatable bonds is 6. The highest BCUT2D eigenvalue weighted by molar-refractivity contribution is 6.33. The molecule has 0 fully saturated rings. The Kier molecular flexibility index (Phi) is 6.61. The fourth-order valence-corrected chi connectivity index (χ4v) is 3.04. The largest absolute Gasteiger partial charge is 0.306 e. The Labute approximate surface area is 189 Å². The highest BCUT2D eigenvalue weighted by Gasteiger charge is 2.17. The molecule has 0 saturated carbocycles. The Balaban J connectivity index is 1.73. The zero-order valence-electron chi connectivity index (χ0n) is 15.7. The lowest BCUT2D eigenvalue weighted by atomic mass is 10.2. The van der Waals surface area contributed by atoms with Gasteiger partial charge in [0.2, 0.25) is 0 Å². The molecule has 0 radical (unpaired) electrons. The van der Waals surface area contributed by atoms with Crippen LogP contribution in [-0.2, 0) is 0 Å². The predicted octanol–water partition coefficient (Wildman–Crippen LogP) is 4.71. The first-order valence-electron chi connectivity index (χ1n) is 8.63. The molecule has 1 heterocycles. The standard InChI is InChI=1S/C19H11Cl2N5O6/c20-12-8-10(4-6-14(12)25(29)30)18(27)23-16-2-1-3-17(22-16)24-19(28)11-5-7-15(26(31)32)13(21)9-11/h1-9H,(H2,22,23,24,27,28). The number of nitro groups is 2. The quantitative estimate of drug-likeness (QED) is 0.385. The van der Waals surface area contributed by atoms with Gasteiger partial charge in [0.15, 0.2) is 0 Å². The van der Waals surface area contributed by atoms with Gasteiger partial charge in [-0.1, -0.05) is 29.3 Å². The van der Waals surface area contributed by atoms with Gasteiger partial charge < -0.3 is 10.6 Å². The Morgan fingerprint density at radius 1 is 0.750 bits per heavy atom. The van der Waals surface area contributed by atoms with Crippen LogP contribution >= 0.6 is 23.2 Å². The molecule has 3 aromatic rings. The van der Waals surface area contributed by atoms with E-state index in [-0.39, 0.29) is 44.2 Å². The van der Waals surface area contributed by atoms with Crippen LogP contribution in [0.1, 0.15) is 20.7 Å². The molecule has 32 heavy (non-hydrogen) atoms. The molecule has 0 aliphatic rings. The molecule has 162 valence electrons. The van der Waals surface area contributed by atoms with Gasteiger partial charge in [-0.05, 0) is 36.4 Å². The van der Waals surface area contributed by atoms with Gasteiger partial charge >= 0.3 is 0 Å². The summed E-state index contributed by atoms with van der Waals surface area (Å²) in [6, 6.07) is 11.4. The van der Waals surface area contributed by atoms with Gasteiger partial charge in [-0.2, -0.15) is 0 Å². The number of carbonyl (C=O) groups is 2. The molecule has 0 atom stereocenters. The van der Waals surface area contributed by atoms with Crippen LogP contribution in [0.5, 0.6) is 0 Å². The number of pyridine rings is 1. The Hall–Kier alpha value is -4.09. The van der Waals surface area contributed by atoms with Crippen LogP contribution in [-0.4, -0.2) is 26.6 Å². The molecule has 0 aliphatic heterocycles. The lowest BCUT2D eigenvalue weighted by Gasteiger charge is -2.08. The first-order chi connectivity index (χ1) is 15.2. The van der Waals surface area contributed by atoms with Crippen LogP contribution in [0.3, 0.4) is 0 Å². The highest BCUT2D eigenvalue weighted by atomic mass is 35.5. The van der Waals surface area contributed by atoms with Crippen molar-refractivity contribution in [1.29, 1.82) is 0 Å². The second kappa shape index (κ2) is 9.37. The van der Waals surface area contributed by atoms with Crippen LogP contribution in [0.4, 0.5) is 23.0 Å². The van der Waals surface area contributed by atoms with E-state index >= 15 is 0 Å². The van der Waals surface area contributed by atoms with Gasteiger partial charge in [-0.15, -0.1) is 0 Å². The summed E-state index contributed by atoms with van der Waals surface area (Å²) >= 11 is 11.6.